The number of thiophene rings is 1. The van der Waals surface area contributed by atoms with Gasteiger partial charge in [0.25, 0.3) is 0 Å². The molecule has 0 unspecified atom stereocenters. The highest BCUT2D eigenvalue weighted by atomic mass is 32.1. The van der Waals surface area contributed by atoms with Crippen molar-refractivity contribution in [1.29, 1.82) is 0 Å². The normalized spacial score (nSPS) is 18.5. The number of hydrogen-bond acceptors (Lipinski definition) is 4. The van der Waals surface area contributed by atoms with Gasteiger partial charge in [-0.1, -0.05) is 12.1 Å². The van der Waals surface area contributed by atoms with Crippen LogP contribution in [-0.4, -0.2) is 34.7 Å². The van der Waals surface area contributed by atoms with Crippen LogP contribution in [0.5, 0.6) is 0 Å². The van der Waals surface area contributed by atoms with Crippen molar-refractivity contribution in [3.8, 4) is 0 Å². The highest BCUT2D eigenvalue weighted by molar-refractivity contribution is 7.10. The van der Waals surface area contributed by atoms with Gasteiger partial charge < -0.3 is 0 Å². The maximum atomic E-state index is 13.1. The van der Waals surface area contributed by atoms with Gasteiger partial charge in [0.2, 0.25) is 5.91 Å². The summed E-state index contributed by atoms with van der Waals surface area (Å²) >= 11 is 1.81. The van der Waals surface area contributed by atoms with E-state index in [4.69, 9.17) is 0 Å². The fraction of sp³-hybridized carbons (Fsp3) is 0.333. The number of carbonyl (C=O) groups is 1. The molecule has 0 aliphatic carbocycles. The van der Waals surface area contributed by atoms with Gasteiger partial charge in [0.15, 0.2) is 0 Å². The molecule has 3 heterocycles. The molecule has 0 N–H and O–H groups in total. The first kappa shape index (κ1) is 15.5. The van der Waals surface area contributed by atoms with Crippen LogP contribution in [0.2, 0.25) is 0 Å². The molecule has 1 amide bonds. The van der Waals surface area contributed by atoms with E-state index in [0.717, 1.165) is 30.8 Å². The van der Waals surface area contributed by atoms with Crippen LogP contribution in [0.25, 0.3) is 0 Å². The molecule has 2 aliphatic rings. The van der Waals surface area contributed by atoms with E-state index in [1.165, 1.54) is 22.6 Å². The topological polar surface area (TPSA) is 35.9 Å². The molecular weight excluding hydrogens is 325 g/mol. The number of carbonyl (C=O) groups excluding carboxylic acids is 1. The highest BCUT2D eigenvalue weighted by Gasteiger charge is 2.25. The molecule has 0 bridgehead atoms. The number of halogens is 1. The van der Waals surface area contributed by atoms with Gasteiger partial charge in [0, 0.05) is 30.8 Å². The molecule has 1 aromatic carbocycles. The van der Waals surface area contributed by atoms with E-state index in [2.05, 4.69) is 21.4 Å². The summed E-state index contributed by atoms with van der Waals surface area (Å²) in [6.45, 7) is 2.32. The van der Waals surface area contributed by atoms with Gasteiger partial charge in [-0.15, -0.1) is 11.3 Å². The van der Waals surface area contributed by atoms with E-state index in [1.807, 2.05) is 11.3 Å². The Hall–Kier alpha value is -2.05. The maximum absolute atomic E-state index is 13.1. The van der Waals surface area contributed by atoms with Crippen LogP contribution in [-0.2, 0) is 17.8 Å². The molecule has 4 nitrogen and oxygen atoms in total. The summed E-state index contributed by atoms with van der Waals surface area (Å²) < 4.78 is 13.1. The summed E-state index contributed by atoms with van der Waals surface area (Å²) in [6.07, 6.45) is 2.09. The number of fused-ring (bicyclic) bond motifs is 1. The summed E-state index contributed by atoms with van der Waals surface area (Å²) in [6, 6.07) is 8.47. The first-order chi connectivity index (χ1) is 11.7. The van der Waals surface area contributed by atoms with Gasteiger partial charge in [0.05, 0.1) is 12.4 Å². The van der Waals surface area contributed by atoms with Crippen molar-refractivity contribution < 1.29 is 9.18 Å². The van der Waals surface area contributed by atoms with Crippen molar-refractivity contribution in [3.63, 3.8) is 0 Å². The van der Waals surface area contributed by atoms with Crippen molar-refractivity contribution in [1.82, 2.24) is 9.91 Å². The lowest BCUT2D eigenvalue weighted by Crippen LogP contribution is -2.42. The average molecular weight is 343 g/mol. The average Bonchev–Trinajstić information content (AvgIpc) is 3.05. The van der Waals surface area contributed by atoms with Gasteiger partial charge >= 0.3 is 0 Å². The second-order valence-electron chi connectivity index (χ2n) is 6.16. The monoisotopic (exact) mass is 343 g/mol. The number of benzene rings is 1. The van der Waals surface area contributed by atoms with E-state index >= 15 is 0 Å². The molecule has 2 aromatic rings. The summed E-state index contributed by atoms with van der Waals surface area (Å²) in [7, 11) is 0. The summed E-state index contributed by atoms with van der Waals surface area (Å²) in [4.78, 5) is 15.9. The van der Waals surface area contributed by atoms with Crippen molar-refractivity contribution >= 4 is 23.0 Å². The molecule has 0 radical (unpaired) electrons. The largest absolute Gasteiger partial charge is 0.280 e. The number of amides is 1. The molecule has 2 aliphatic heterocycles. The zero-order valence-corrected chi connectivity index (χ0v) is 14.1. The Labute approximate surface area is 144 Å². The Balaban J connectivity index is 1.50. The minimum Gasteiger partial charge on any atom is -0.280 e. The van der Waals surface area contributed by atoms with Gasteiger partial charge in [-0.3, -0.25) is 9.69 Å². The van der Waals surface area contributed by atoms with E-state index in [-0.39, 0.29) is 11.7 Å². The fourth-order valence-corrected chi connectivity index (χ4v) is 4.07. The summed E-state index contributed by atoms with van der Waals surface area (Å²) in [5.41, 5.74) is 3.09. The van der Waals surface area contributed by atoms with Crippen molar-refractivity contribution in [2.45, 2.75) is 25.8 Å². The number of nitrogens with zero attached hydrogens (tertiary/aromatic N) is 3. The molecule has 0 atom stereocenters. The van der Waals surface area contributed by atoms with Crippen LogP contribution < -0.4 is 0 Å². The van der Waals surface area contributed by atoms with E-state index in [9.17, 15) is 9.18 Å². The lowest BCUT2D eigenvalue weighted by molar-refractivity contribution is -0.134. The lowest BCUT2D eigenvalue weighted by Gasteiger charge is -2.32. The molecule has 1 aromatic heterocycles. The molecular formula is C18H18FN3OS. The van der Waals surface area contributed by atoms with Crippen molar-refractivity contribution in [2.75, 3.05) is 13.2 Å². The quantitative estimate of drug-likeness (QED) is 0.858. The Kier molecular flexibility index (Phi) is 4.16. The van der Waals surface area contributed by atoms with Crippen LogP contribution in [0.15, 0.2) is 40.8 Å². The Morgan fingerprint density at radius 2 is 1.96 bits per heavy atom. The summed E-state index contributed by atoms with van der Waals surface area (Å²) in [5.74, 6) is -0.208. The zero-order chi connectivity index (χ0) is 16.5. The van der Waals surface area contributed by atoms with Gasteiger partial charge in [-0.25, -0.2) is 9.40 Å². The highest BCUT2D eigenvalue weighted by Crippen LogP contribution is 2.25. The fourth-order valence-electron chi connectivity index (χ4n) is 3.18. The third-order valence-corrected chi connectivity index (χ3v) is 5.53. The molecule has 6 heteroatoms. The van der Waals surface area contributed by atoms with Crippen LogP contribution in [0.4, 0.5) is 4.39 Å². The lowest BCUT2D eigenvalue weighted by atomic mass is 10.0. The third kappa shape index (κ3) is 3.12. The Morgan fingerprint density at radius 3 is 2.79 bits per heavy atom. The van der Waals surface area contributed by atoms with Gasteiger partial charge in [-0.2, -0.15) is 5.10 Å². The van der Waals surface area contributed by atoms with E-state index < -0.39 is 0 Å². The Bertz CT molecular complexity index is 784. The van der Waals surface area contributed by atoms with Crippen LogP contribution in [0.3, 0.4) is 0 Å². The van der Waals surface area contributed by atoms with E-state index in [1.54, 1.807) is 17.1 Å². The SMILES string of the molecule is O=C1CCC(c2ccc(F)cc2)=NN1CN1CCc2sccc2C1. The first-order valence-electron chi connectivity index (χ1n) is 8.10. The minimum atomic E-state index is -0.261. The number of hydrogen-bond donors (Lipinski definition) is 0. The summed E-state index contributed by atoms with van der Waals surface area (Å²) in [5, 5.41) is 8.24. The van der Waals surface area contributed by atoms with Gasteiger partial charge in [-0.05, 0) is 41.1 Å². The molecule has 0 fully saturated rings. The predicted molar refractivity (Wildman–Crippen MR) is 92.3 cm³/mol. The first-order valence-corrected chi connectivity index (χ1v) is 8.98. The van der Waals surface area contributed by atoms with Crippen LogP contribution in [0, 0.1) is 5.82 Å². The molecule has 0 spiro atoms. The zero-order valence-electron chi connectivity index (χ0n) is 13.2. The Morgan fingerprint density at radius 1 is 1.12 bits per heavy atom. The minimum absolute atomic E-state index is 0.0528. The molecule has 0 saturated heterocycles. The molecule has 24 heavy (non-hydrogen) atoms. The standard InChI is InChI=1S/C18H18FN3OS/c19-15-3-1-13(2-4-15)16-5-6-18(23)22(20-16)12-21-9-7-17-14(11-21)8-10-24-17/h1-4,8,10H,5-7,9,11-12H2. The van der Waals surface area contributed by atoms with Crippen LogP contribution in [0.1, 0.15) is 28.8 Å². The number of rotatable bonds is 3. The predicted octanol–water partition coefficient (Wildman–Crippen LogP) is 3.23. The second-order valence-corrected chi connectivity index (χ2v) is 7.16. The number of hydrazone groups is 1. The molecule has 124 valence electrons. The smallest absolute Gasteiger partial charge is 0.244 e. The van der Waals surface area contributed by atoms with Crippen molar-refractivity contribution in [2.24, 2.45) is 5.10 Å². The molecule has 0 saturated carbocycles. The van der Waals surface area contributed by atoms with Crippen LogP contribution >= 0.6 is 11.3 Å². The van der Waals surface area contributed by atoms with Gasteiger partial charge in [0.1, 0.15) is 5.82 Å². The van der Waals surface area contributed by atoms with E-state index in [0.29, 0.717) is 19.5 Å². The second kappa shape index (κ2) is 6.45. The van der Waals surface area contributed by atoms with Crippen molar-refractivity contribution in [3.05, 3.63) is 57.5 Å². The maximum Gasteiger partial charge on any atom is 0.244 e. The molecule has 4 rings (SSSR count). The third-order valence-electron chi connectivity index (χ3n) is 4.50.